The zero-order valence-electron chi connectivity index (χ0n) is 24.5. The van der Waals surface area contributed by atoms with E-state index < -0.39 is 0 Å². The molecule has 0 aliphatic heterocycles. The lowest BCUT2D eigenvalue weighted by Gasteiger charge is -2.09. The summed E-state index contributed by atoms with van der Waals surface area (Å²) in [6.07, 6.45) is 4.78. The summed E-state index contributed by atoms with van der Waals surface area (Å²) in [5.41, 5.74) is 1.16. The molecule has 1 rings (SSSR count). The number of carbonyl (C=O) groups excluding carboxylic acids is 1. The normalized spacial score (nSPS) is 11.2. The van der Waals surface area contributed by atoms with E-state index in [1.807, 2.05) is 30.3 Å². The number of ether oxygens (including phenoxy) is 9. The van der Waals surface area contributed by atoms with E-state index in [9.17, 15) is 4.79 Å². The van der Waals surface area contributed by atoms with Crippen molar-refractivity contribution in [2.75, 3.05) is 106 Å². The van der Waals surface area contributed by atoms with Gasteiger partial charge in [-0.1, -0.05) is 56.5 Å². The number of hydrogen-bond acceptors (Lipinski definition) is 10. The van der Waals surface area contributed by atoms with Crippen LogP contribution in [0.15, 0.2) is 30.3 Å². The molecule has 1 aromatic rings. The average Bonchev–Trinajstić information content (AvgIpc) is 2.97. The summed E-state index contributed by atoms with van der Waals surface area (Å²) in [5, 5.41) is 0. The van der Waals surface area contributed by atoms with Crippen molar-refractivity contribution < 1.29 is 47.4 Å². The molecule has 0 bridgehead atoms. The predicted octanol–water partition coefficient (Wildman–Crippen LogP) is 3.83. The Balaban J connectivity index is 1.65. The van der Waals surface area contributed by atoms with Crippen molar-refractivity contribution in [2.45, 2.75) is 45.6 Å². The van der Waals surface area contributed by atoms with Gasteiger partial charge in [-0.05, 0) is 12.0 Å². The van der Waals surface area contributed by atoms with Crippen LogP contribution in [0.3, 0.4) is 0 Å². The number of benzene rings is 1. The molecule has 0 radical (unpaired) electrons. The molecule has 10 nitrogen and oxygen atoms in total. The first-order valence-electron chi connectivity index (χ1n) is 14.6. The van der Waals surface area contributed by atoms with E-state index in [2.05, 4.69) is 6.92 Å². The van der Waals surface area contributed by atoms with E-state index in [0.717, 1.165) is 31.2 Å². The Bertz CT molecular complexity index is 647. The number of hydrogen-bond donors (Lipinski definition) is 0. The highest BCUT2D eigenvalue weighted by molar-refractivity contribution is 5.69. The zero-order chi connectivity index (χ0) is 28.6. The molecular formula is C30H52O10. The lowest BCUT2D eigenvalue weighted by Crippen LogP contribution is -2.15. The molecule has 0 fully saturated rings. The summed E-state index contributed by atoms with van der Waals surface area (Å²) < 4.78 is 48.9. The van der Waals surface area contributed by atoms with Crippen LogP contribution in [0.25, 0.3) is 0 Å². The minimum Gasteiger partial charge on any atom is -0.463 e. The summed E-state index contributed by atoms with van der Waals surface area (Å²) in [7, 11) is 0. The molecular weight excluding hydrogens is 520 g/mol. The standard InChI is InChI=1S/C30H52O10/c1-2-3-4-8-11-30(31)40-27-26-38-23-22-36-19-18-34-15-14-32-12-13-33-16-17-35-20-21-37-24-25-39-28-29-9-6-5-7-10-29/h5-7,9-10H,2-4,8,11-28H2,1H3. The number of rotatable bonds is 31. The van der Waals surface area contributed by atoms with Gasteiger partial charge in [0.2, 0.25) is 0 Å². The van der Waals surface area contributed by atoms with Crippen LogP contribution >= 0.6 is 0 Å². The van der Waals surface area contributed by atoms with E-state index >= 15 is 0 Å². The quantitative estimate of drug-likeness (QED) is 0.0964. The van der Waals surface area contributed by atoms with Gasteiger partial charge in [-0.15, -0.1) is 0 Å². The maximum Gasteiger partial charge on any atom is 0.305 e. The minimum absolute atomic E-state index is 0.149. The second kappa shape index (κ2) is 30.3. The van der Waals surface area contributed by atoms with Crippen LogP contribution in [0.2, 0.25) is 0 Å². The van der Waals surface area contributed by atoms with Gasteiger partial charge in [0.15, 0.2) is 0 Å². The fraction of sp³-hybridized carbons (Fsp3) is 0.767. The Kier molecular flexibility index (Phi) is 27.6. The third-order valence-electron chi connectivity index (χ3n) is 5.44. The first-order valence-corrected chi connectivity index (χ1v) is 14.6. The van der Waals surface area contributed by atoms with Crippen LogP contribution in [0, 0.1) is 0 Å². The molecule has 10 heteroatoms. The van der Waals surface area contributed by atoms with Gasteiger partial charge in [0, 0.05) is 6.42 Å². The van der Waals surface area contributed by atoms with Crippen molar-refractivity contribution in [3.63, 3.8) is 0 Å². The molecule has 0 saturated heterocycles. The SMILES string of the molecule is CCCCCCC(=O)OCCOCCOCCOCCOCCOCCOCCOCCOCc1ccccc1. The molecule has 0 heterocycles. The highest BCUT2D eigenvalue weighted by Gasteiger charge is 2.02. The number of carbonyl (C=O) groups is 1. The fourth-order valence-corrected chi connectivity index (χ4v) is 3.29. The topological polar surface area (TPSA) is 100 Å². The molecule has 232 valence electrons. The van der Waals surface area contributed by atoms with Crippen LogP contribution < -0.4 is 0 Å². The molecule has 0 aromatic heterocycles. The largest absolute Gasteiger partial charge is 0.463 e. The highest BCUT2D eigenvalue weighted by atomic mass is 16.6. The summed E-state index contributed by atoms with van der Waals surface area (Å²) in [6, 6.07) is 10.1. The summed E-state index contributed by atoms with van der Waals surface area (Å²) in [4.78, 5) is 11.5. The third-order valence-corrected chi connectivity index (χ3v) is 5.44. The Hall–Kier alpha value is -1.63. The Morgan fingerprint density at radius 1 is 0.500 bits per heavy atom. The third kappa shape index (κ3) is 26.6. The highest BCUT2D eigenvalue weighted by Crippen LogP contribution is 2.03. The van der Waals surface area contributed by atoms with Gasteiger partial charge < -0.3 is 42.6 Å². The summed E-state index contributed by atoms with van der Waals surface area (Å²) >= 11 is 0. The Labute approximate surface area is 240 Å². The monoisotopic (exact) mass is 572 g/mol. The van der Waals surface area contributed by atoms with Gasteiger partial charge in [-0.2, -0.15) is 0 Å². The molecule has 0 unspecified atom stereocenters. The van der Waals surface area contributed by atoms with Crippen molar-refractivity contribution in [2.24, 2.45) is 0 Å². The van der Waals surface area contributed by atoms with Crippen LogP contribution in [0.4, 0.5) is 0 Å². The molecule has 0 aliphatic carbocycles. The van der Waals surface area contributed by atoms with E-state index in [1.165, 1.54) is 0 Å². The summed E-state index contributed by atoms with van der Waals surface area (Å²) in [5.74, 6) is -0.149. The lowest BCUT2D eigenvalue weighted by atomic mass is 10.2. The van der Waals surface area contributed by atoms with Gasteiger partial charge in [0.05, 0.1) is 106 Å². The molecule has 0 N–H and O–H groups in total. The molecule has 0 amide bonds. The van der Waals surface area contributed by atoms with Gasteiger partial charge >= 0.3 is 5.97 Å². The van der Waals surface area contributed by atoms with Gasteiger partial charge in [0.25, 0.3) is 0 Å². The van der Waals surface area contributed by atoms with Crippen LogP contribution in [0.5, 0.6) is 0 Å². The molecule has 0 aliphatic rings. The predicted molar refractivity (Wildman–Crippen MR) is 152 cm³/mol. The second-order valence-corrected chi connectivity index (χ2v) is 8.86. The Morgan fingerprint density at radius 3 is 1.32 bits per heavy atom. The first-order chi connectivity index (χ1) is 19.8. The zero-order valence-corrected chi connectivity index (χ0v) is 24.5. The van der Waals surface area contributed by atoms with Crippen molar-refractivity contribution in [3.8, 4) is 0 Å². The fourth-order valence-electron chi connectivity index (χ4n) is 3.29. The Morgan fingerprint density at radius 2 is 0.900 bits per heavy atom. The molecule has 0 spiro atoms. The van der Waals surface area contributed by atoms with Gasteiger partial charge in [0.1, 0.15) is 6.61 Å². The van der Waals surface area contributed by atoms with E-state index in [1.54, 1.807) is 0 Å². The lowest BCUT2D eigenvalue weighted by molar-refractivity contribution is -0.145. The van der Waals surface area contributed by atoms with Gasteiger partial charge in [-0.25, -0.2) is 0 Å². The van der Waals surface area contributed by atoms with E-state index in [-0.39, 0.29) is 12.6 Å². The van der Waals surface area contributed by atoms with Crippen LogP contribution in [-0.4, -0.2) is 112 Å². The second-order valence-electron chi connectivity index (χ2n) is 8.86. The number of unbranched alkanes of at least 4 members (excludes halogenated alkanes) is 3. The van der Waals surface area contributed by atoms with Crippen LogP contribution in [0.1, 0.15) is 44.6 Å². The minimum atomic E-state index is -0.149. The van der Waals surface area contributed by atoms with Crippen molar-refractivity contribution >= 4 is 5.97 Å². The molecule has 40 heavy (non-hydrogen) atoms. The van der Waals surface area contributed by atoms with Gasteiger partial charge in [-0.3, -0.25) is 4.79 Å². The molecule has 0 saturated carbocycles. The summed E-state index contributed by atoms with van der Waals surface area (Å²) in [6.45, 7) is 10.6. The van der Waals surface area contributed by atoms with Crippen molar-refractivity contribution in [1.29, 1.82) is 0 Å². The van der Waals surface area contributed by atoms with E-state index in [4.69, 9.17) is 42.6 Å². The number of esters is 1. The maximum atomic E-state index is 11.5. The van der Waals surface area contributed by atoms with Crippen LogP contribution in [-0.2, 0) is 54.0 Å². The molecule has 0 atom stereocenters. The smallest absolute Gasteiger partial charge is 0.305 e. The van der Waals surface area contributed by atoms with Crippen molar-refractivity contribution in [1.82, 2.24) is 0 Å². The van der Waals surface area contributed by atoms with E-state index in [0.29, 0.717) is 112 Å². The van der Waals surface area contributed by atoms with Crippen molar-refractivity contribution in [3.05, 3.63) is 35.9 Å². The molecule has 1 aromatic carbocycles. The maximum absolute atomic E-state index is 11.5. The average molecular weight is 573 g/mol. The first kappa shape index (κ1) is 36.4.